The van der Waals surface area contributed by atoms with E-state index in [4.69, 9.17) is 0 Å². The van der Waals surface area contributed by atoms with Gasteiger partial charge >= 0.3 is 0 Å². The van der Waals surface area contributed by atoms with Gasteiger partial charge < -0.3 is 4.90 Å². The van der Waals surface area contributed by atoms with Crippen LogP contribution in [0, 0.1) is 0 Å². The Hall–Kier alpha value is -1.38. The van der Waals surface area contributed by atoms with Crippen LogP contribution in [-0.2, 0) is 9.59 Å². The zero-order chi connectivity index (χ0) is 12.1. The van der Waals surface area contributed by atoms with E-state index in [-0.39, 0.29) is 11.6 Å². The molecule has 88 valence electrons. The molecule has 0 unspecified atom stereocenters. The fourth-order valence-corrected chi connectivity index (χ4v) is 1.79. The number of carbonyl (C=O) groups excluding carboxylic acids is 2. The number of carbonyl (C=O) groups is 2. The second-order valence-electron chi connectivity index (χ2n) is 4.07. The molecule has 0 atom stereocenters. The highest BCUT2D eigenvalue weighted by Gasteiger charge is 2.21. The third-order valence-corrected chi connectivity index (χ3v) is 2.58. The maximum Gasteiger partial charge on any atom is 0.202 e. The molecular weight excluding hydrogens is 202 g/mol. The van der Waals surface area contributed by atoms with Gasteiger partial charge in [-0.3, -0.25) is 9.59 Å². The van der Waals surface area contributed by atoms with Gasteiger partial charge in [-0.05, 0) is 25.8 Å². The van der Waals surface area contributed by atoms with E-state index >= 15 is 0 Å². The summed E-state index contributed by atoms with van der Waals surface area (Å²) < 4.78 is 0. The highest BCUT2D eigenvalue weighted by molar-refractivity contribution is 6.19. The van der Waals surface area contributed by atoms with Gasteiger partial charge in [0.05, 0.1) is 5.70 Å². The van der Waals surface area contributed by atoms with Crippen LogP contribution in [0.5, 0.6) is 0 Å². The first kappa shape index (κ1) is 12.7. The van der Waals surface area contributed by atoms with Gasteiger partial charge in [-0.15, -0.1) is 0 Å². The molecule has 16 heavy (non-hydrogen) atoms. The molecule has 0 fully saturated rings. The van der Waals surface area contributed by atoms with E-state index in [1.807, 2.05) is 4.90 Å². The molecule has 1 rings (SSSR count). The number of allylic oxidation sites excluding steroid dienone is 3. The summed E-state index contributed by atoms with van der Waals surface area (Å²) in [5, 5.41) is 0. The average Bonchev–Trinajstić information content (AvgIpc) is 2.23. The first-order valence-corrected chi connectivity index (χ1v) is 5.83. The van der Waals surface area contributed by atoms with Crippen LogP contribution in [0.2, 0.25) is 0 Å². The van der Waals surface area contributed by atoms with Crippen molar-refractivity contribution in [1.29, 1.82) is 0 Å². The molecule has 0 radical (unpaired) electrons. The lowest BCUT2D eigenvalue weighted by atomic mass is 10.0. The van der Waals surface area contributed by atoms with Crippen LogP contribution in [0.3, 0.4) is 0 Å². The number of hydrogen-bond donors (Lipinski definition) is 0. The summed E-state index contributed by atoms with van der Waals surface area (Å²) in [6.07, 6.45) is 4.86. The molecule has 0 N–H and O–H groups in total. The van der Waals surface area contributed by atoms with E-state index in [0.29, 0.717) is 11.3 Å². The maximum atomic E-state index is 11.8. The Labute approximate surface area is 96.8 Å². The summed E-state index contributed by atoms with van der Waals surface area (Å²) in [6, 6.07) is 0. The molecule has 3 nitrogen and oxygen atoms in total. The lowest BCUT2D eigenvalue weighted by Crippen LogP contribution is -2.31. The van der Waals surface area contributed by atoms with Gasteiger partial charge in [0, 0.05) is 24.7 Å². The molecule has 0 aliphatic heterocycles. The molecular formula is C13H19NO2. The second kappa shape index (κ2) is 5.64. The van der Waals surface area contributed by atoms with E-state index in [9.17, 15) is 9.59 Å². The normalized spacial score (nSPS) is 15.9. The predicted molar refractivity (Wildman–Crippen MR) is 64.0 cm³/mol. The summed E-state index contributed by atoms with van der Waals surface area (Å²) in [5.74, 6) is -0.0918. The number of rotatable bonds is 5. The van der Waals surface area contributed by atoms with Crippen molar-refractivity contribution in [1.82, 2.24) is 4.90 Å². The molecule has 0 heterocycles. The smallest absolute Gasteiger partial charge is 0.202 e. The predicted octanol–water partition coefficient (Wildman–Crippen LogP) is 2.09. The Balaban J connectivity index is 2.89. The fraction of sp³-hybridized carbons (Fsp3) is 0.538. The van der Waals surface area contributed by atoms with Crippen molar-refractivity contribution in [3.63, 3.8) is 0 Å². The highest BCUT2D eigenvalue weighted by atomic mass is 16.1. The molecule has 0 aromatic carbocycles. The largest absolute Gasteiger partial charge is 0.368 e. The zero-order valence-electron chi connectivity index (χ0n) is 10.2. The summed E-state index contributed by atoms with van der Waals surface area (Å²) in [5.41, 5.74) is 1.08. The summed E-state index contributed by atoms with van der Waals surface area (Å²) in [6.45, 7) is 7.47. The van der Waals surface area contributed by atoms with Crippen molar-refractivity contribution in [2.45, 2.75) is 33.6 Å². The maximum absolute atomic E-state index is 11.8. The van der Waals surface area contributed by atoms with Crippen molar-refractivity contribution < 1.29 is 9.59 Å². The van der Waals surface area contributed by atoms with E-state index in [1.165, 1.54) is 12.2 Å². The summed E-state index contributed by atoms with van der Waals surface area (Å²) >= 11 is 0. The first-order valence-electron chi connectivity index (χ1n) is 5.83. The topological polar surface area (TPSA) is 37.4 Å². The van der Waals surface area contributed by atoms with E-state index in [2.05, 4.69) is 13.8 Å². The Kier molecular flexibility index (Phi) is 4.47. The van der Waals surface area contributed by atoms with Gasteiger partial charge in [0.25, 0.3) is 0 Å². The lowest BCUT2D eigenvalue weighted by Gasteiger charge is -2.26. The van der Waals surface area contributed by atoms with Gasteiger partial charge in [-0.1, -0.05) is 13.8 Å². The minimum absolute atomic E-state index is 0.0426. The van der Waals surface area contributed by atoms with Gasteiger partial charge in [0.15, 0.2) is 5.78 Å². The van der Waals surface area contributed by atoms with Gasteiger partial charge in [-0.2, -0.15) is 0 Å². The number of hydrogen-bond acceptors (Lipinski definition) is 3. The first-order chi connectivity index (χ1) is 7.60. The zero-order valence-corrected chi connectivity index (χ0v) is 10.2. The van der Waals surface area contributed by atoms with Crippen LogP contribution >= 0.6 is 0 Å². The quantitative estimate of drug-likeness (QED) is 0.667. The highest BCUT2D eigenvalue weighted by Crippen LogP contribution is 2.16. The van der Waals surface area contributed by atoms with Crippen molar-refractivity contribution in [2.75, 3.05) is 13.1 Å². The molecule has 0 spiro atoms. The van der Waals surface area contributed by atoms with Gasteiger partial charge in [-0.25, -0.2) is 0 Å². The molecule has 0 bridgehead atoms. The van der Waals surface area contributed by atoms with Crippen molar-refractivity contribution in [3.8, 4) is 0 Å². The summed E-state index contributed by atoms with van der Waals surface area (Å²) in [7, 11) is 0. The molecule has 0 amide bonds. The lowest BCUT2D eigenvalue weighted by molar-refractivity contribution is -0.116. The fourth-order valence-electron chi connectivity index (χ4n) is 1.79. The average molecular weight is 221 g/mol. The second-order valence-corrected chi connectivity index (χ2v) is 4.07. The monoisotopic (exact) mass is 221 g/mol. The number of nitrogens with zero attached hydrogens (tertiary/aromatic N) is 1. The minimum atomic E-state index is -0.0493. The van der Waals surface area contributed by atoms with Crippen LogP contribution in [0.1, 0.15) is 33.6 Å². The Morgan fingerprint density at radius 1 is 1.00 bits per heavy atom. The van der Waals surface area contributed by atoms with Gasteiger partial charge in [0.1, 0.15) is 0 Å². The molecule has 0 aromatic heterocycles. The van der Waals surface area contributed by atoms with Crippen LogP contribution in [0.25, 0.3) is 0 Å². The van der Waals surface area contributed by atoms with E-state index in [0.717, 1.165) is 25.9 Å². The third kappa shape index (κ3) is 2.81. The van der Waals surface area contributed by atoms with Crippen LogP contribution < -0.4 is 0 Å². The van der Waals surface area contributed by atoms with Crippen molar-refractivity contribution >= 4 is 11.6 Å². The molecule has 1 aliphatic carbocycles. The van der Waals surface area contributed by atoms with E-state index < -0.39 is 0 Å². The van der Waals surface area contributed by atoms with Crippen LogP contribution in [-0.4, -0.2) is 29.6 Å². The molecule has 0 aromatic rings. The van der Waals surface area contributed by atoms with Crippen molar-refractivity contribution in [2.24, 2.45) is 0 Å². The molecule has 3 heteroatoms. The Morgan fingerprint density at radius 3 is 2.06 bits per heavy atom. The SMILES string of the molecule is CCCN(CCC)C1=CC(=O)C(C)=CC1=O. The number of ketones is 2. The van der Waals surface area contributed by atoms with Crippen molar-refractivity contribution in [3.05, 3.63) is 23.4 Å². The van der Waals surface area contributed by atoms with Crippen LogP contribution in [0.15, 0.2) is 23.4 Å². The standard InChI is InChI=1S/C13H19NO2/c1-4-6-14(7-5-2)11-9-12(15)10(3)8-13(11)16/h8-9H,4-7H2,1-3H3. The Morgan fingerprint density at radius 2 is 1.56 bits per heavy atom. The van der Waals surface area contributed by atoms with Gasteiger partial charge in [0.2, 0.25) is 5.78 Å². The minimum Gasteiger partial charge on any atom is -0.368 e. The van der Waals surface area contributed by atoms with Crippen LogP contribution in [0.4, 0.5) is 0 Å². The molecule has 1 aliphatic rings. The Bertz CT molecular complexity index is 347. The summed E-state index contributed by atoms with van der Waals surface area (Å²) in [4.78, 5) is 25.3. The molecule has 0 saturated heterocycles. The molecule has 0 saturated carbocycles. The third-order valence-electron chi connectivity index (χ3n) is 2.58. The van der Waals surface area contributed by atoms with E-state index in [1.54, 1.807) is 6.92 Å².